The zero-order valence-electron chi connectivity index (χ0n) is 11.4. The minimum atomic E-state index is 0.786. The van der Waals surface area contributed by atoms with Crippen LogP contribution in [-0.4, -0.2) is 55.4 Å². The molecule has 0 aromatic carbocycles. The fourth-order valence-corrected chi connectivity index (χ4v) is 1.63. The second-order valence-electron chi connectivity index (χ2n) is 4.48. The maximum Gasteiger partial charge on any atom is 0.203 e. The Morgan fingerprint density at radius 3 is 2.88 bits per heavy atom. The molecule has 0 bridgehead atoms. The fourth-order valence-electron chi connectivity index (χ4n) is 1.63. The van der Waals surface area contributed by atoms with E-state index < -0.39 is 0 Å². The summed E-state index contributed by atoms with van der Waals surface area (Å²) in [7, 11) is 5.87. The van der Waals surface area contributed by atoms with Gasteiger partial charge in [-0.2, -0.15) is 0 Å². The van der Waals surface area contributed by atoms with E-state index in [0.29, 0.717) is 0 Å². The molecule has 0 atom stereocenters. The van der Waals surface area contributed by atoms with E-state index in [4.69, 9.17) is 4.74 Å². The number of hydrogen-bond acceptors (Lipinski definition) is 4. The SMILES string of the molecule is COCCCn1cc(C)nc1NCCN(C)C. The van der Waals surface area contributed by atoms with Gasteiger partial charge in [-0.05, 0) is 27.4 Å². The number of methoxy groups -OCH3 is 1. The highest BCUT2D eigenvalue weighted by molar-refractivity contribution is 5.28. The summed E-state index contributed by atoms with van der Waals surface area (Å²) < 4.78 is 7.22. The van der Waals surface area contributed by atoms with Crippen molar-refractivity contribution in [3.8, 4) is 0 Å². The molecule has 5 heteroatoms. The van der Waals surface area contributed by atoms with E-state index in [1.807, 2.05) is 6.92 Å². The highest BCUT2D eigenvalue weighted by Gasteiger charge is 2.04. The number of anilines is 1. The van der Waals surface area contributed by atoms with Gasteiger partial charge >= 0.3 is 0 Å². The number of ether oxygens (including phenoxy) is 1. The summed E-state index contributed by atoms with van der Waals surface area (Å²) in [5.74, 6) is 0.959. The zero-order chi connectivity index (χ0) is 12.7. The van der Waals surface area contributed by atoms with Crippen LogP contribution in [0, 0.1) is 6.92 Å². The Kier molecular flexibility index (Phi) is 6.00. The lowest BCUT2D eigenvalue weighted by molar-refractivity contribution is 0.190. The van der Waals surface area contributed by atoms with Crippen LogP contribution in [0.3, 0.4) is 0 Å². The van der Waals surface area contributed by atoms with E-state index in [1.54, 1.807) is 7.11 Å². The summed E-state index contributed by atoms with van der Waals surface area (Å²) in [6.45, 7) is 5.66. The third-order valence-electron chi connectivity index (χ3n) is 2.49. The molecule has 0 radical (unpaired) electrons. The number of nitrogens with one attached hydrogen (secondary N) is 1. The Morgan fingerprint density at radius 1 is 1.47 bits per heavy atom. The van der Waals surface area contributed by atoms with Gasteiger partial charge < -0.3 is 19.5 Å². The number of imidazole rings is 1. The first-order chi connectivity index (χ1) is 8.13. The van der Waals surface area contributed by atoms with E-state index in [1.165, 1.54) is 0 Å². The number of aromatic nitrogens is 2. The van der Waals surface area contributed by atoms with Crippen LogP contribution in [0.4, 0.5) is 5.95 Å². The molecule has 17 heavy (non-hydrogen) atoms. The third-order valence-corrected chi connectivity index (χ3v) is 2.49. The summed E-state index contributed by atoms with van der Waals surface area (Å²) in [6, 6.07) is 0. The van der Waals surface area contributed by atoms with Gasteiger partial charge in [-0.15, -0.1) is 0 Å². The van der Waals surface area contributed by atoms with E-state index >= 15 is 0 Å². The van der Waals surface area contributed by atoms with Crippen LogP contribution in [0.1, 0.15) is 12.1 Å². The zero-order valence-corrected chi connectivity index (χ0v) is 11.4. The van der Waals surface area contributed by atoms with E-state index in [2.05, 4.69) is 40.1 Å². The molecule has 1 rings (SSSR count). The largest absolute Gasteiger partial charge is 0.385 e. The van der Waals surface area contributed by atoms with Crippen molar-refractivity contribution >= 4 is 5.95 Å². The van der Waals surface area contributed by atoms with Crippen molar-refractivity contribution in [2.75, 3.05) is 46.2 Å². The standard InChI is InChI=1S/C12H24N4O/c1-11-10-16(7-5-9-17-4)12(14-11)13-6-8-15(2)3/h10H,5-9H2,1-4H3,(H,13,14). The number of likely N-dealkylation sites (N-methyl/N-ethyl adjacent to an activating group) is 1. The Hall–Kier alpha value is -1.07. The second kappa shape index (κ2) is 7.29. The molecule has 5 nitrogen and oxygen atoms in total. The number of hydrogen-bond donors (Lipinski definition) is 1. The number of rotatable bonds is 8. The van der Waals surface area contributed by atoms with Crippen molar-refractivity contribution in [2.24, 2.45) is 0 Å². The van der Waals surface area contributed by atoms with Crippen molar-refractivity contribution in [1.29, 1.82) is 0 Å². The van der Waals surface area contributed by atoms with Crippen LogP contribution in [-0.2, 0) is 11.3 Å². The molecular weight excluding hydrogens is 216 g/mol. The van der Waals surface area contributed by atoms with Gasteiger partial charge in [0.15, 0.2) is 0 Å². The van der Waals surface area contributed by atoms with Gasteiger partial charge in [-0.3, -0.25) is 0 Å². The minimum Gasteiger partial charge on any atom is -0.385 e. The van der Waals surface area contributed by atoms with Crippen molar-refractivity contribution in [2.45, 2.75) is 19.9 Å². The lowest BCUT2D eigenvalue weighted by atomic mass is 10.4. The molecule has 0 aliphatic carbocycles. The molecule has 0 fully saturated rings. The maximum absolute atomic E-state index is 5.06. The first kappa shape index (κ1) is 14.0. The van der Waals surface area contributed by atoms with Crippen LogP contribution < -0.4 is 5.32 Å². The van der Waals surface area contributed by atoms with Gasteiger partial charge in [-0.1, -0.05) is 0 Å². The molecular formula is C12H24N4O. The third kappa shape index (κ3) is 5.19. The van der Waals surface area contributed by atoms with Crippen LogP contribution in [0.2, 0.25) is 0 Å². The molecule has 0 saturated heterocycles. The monoisotopic (exact) mass is 240 g/mol. The molecule has 0 aliphatic rings. The van der Waals surface area contributed by atoms with Gasteiger partial charge in [0.25, 0.3) is 0 Å². The first-order valence-electron chi connectivity index (χ1n) is 6.05. The first-order valence-corrected chi connectivity index (χ1v) is 6.05. The summed E-state index contributed by atoms with van der Waals surface area (Å²) in [4.78, 5) is 6.63. The molecule has 98 valence electrons. The number of aryl methyl sites for hydroxylation is 2. The molecule has 0 saturated carbocycles. The summed E-state index contributed by atoms with van der Waals surface area (Å²) >= 11 is 0. The Balaban J connectivity index is 2.45. The average Bonchev–Trinajstić information content (AvgIpc) is 2.59. The second-order valence-corrected chi connectivity index (χ2v) is 4.48. The van der Waals surface area contributed by atoms with Crippen molar-refractivity contribution in [1.82, 2.24) is 14.5 Å². The number of nitrogens with zero attached hydrogens (tertiary/aromatic N) is 3. The van der Waals surface area contributed by atoms with Crippen molar-refractivity contribution in [3.63, 3.8) is 0 Å². The highest BCUT2D eigenvalue weighted by Crippen LogP contribution is 2.08. The van der Waals surface area contributed by atoms with E-state index in [-0.39, 0.29) is 0 Å². The summed E-state index contributed by atoms with van der Waals surface area (Å²) in [5, 5.41) is 3.36. The van der Waals surface area contributed by atoms with E-state index in [0.717, 1.165) is 44.3 Å². The smallest absolute Gasteiger partial charge is 0.203 e. The van der Waals surface area contributed by atoms with Gasteiger partial charge in [-0.25, -0.2) is 4.98 Å². The van der Waals surface area contributed by atoms with Crippen LogP contribution in [0.25, 0.3) is 0 Å². The molecule has 1 aromatic heterocycles. The molecule has 0 aliphatic heterocycles. The van der Waals surface area contributed by atoms with Crippen molar-refractivity contribution < 1.29 is 4.74 Å². The molecule has 1 heterocycles. The van der Waals surface area contributed by atoms with Crippen LogP contribution in [0.5, 0.6) is 0 Å². The molecule has 1 N–H and O–H groups in total. The molecule has 0 unspecified atom stereocenters. The Morgan fingerprint density at radius 2 is 2.24 bits per heavy atom. The maximum atomic E-state index is 5.06. The predicted octanol–water partition coefficient (Wildman–Crippen LogP) is 1.20. The van der Waals surface area contributed by atoms with Gasteiger partial charge in [0.2, 0.25) is 5.95 Å². The minimum absolute atomic E-state index is 0.786. The highest BCUT2D eigenvalue weighted by atomic mass is 16.5. The molecule has 0 amide bonds. The fraction of sp³-hybridized carbons (Fsp3) is 0.750. The summed E-state index contributed by atoms with van der Waals surface area (Å²) in [6.07, 6.45) is 3.09. The Labute approximate surface area is 104 Å². The Bertz CT molecular complexity index is 322. The lowest BCUT2D eigenvalue weighted by Gasteiger charge is -2.12. The predicted molar refractivity (Wildman–Crippen MR) is 70.5 cm³/mol. The molecule has 0 spiro atoms. The normalized spacial score (nSPS) is 11.1. The van der Waals surface area contributed by atoms with Crippen molar-refractivity contribution in [3.05, 3.63) is 11.9 Å². The van der Waals surface area contributed by atoms with Gasteiger partial charge in [0.1, 0.15) is 0 Å². The van der Waals surface area contributed by atoms with Gasteiger partial charge in [0.05, 0.1) is 5.69 Å². The lowest BCUT2D eigenvalue weighted by Crippen LogP contribution is -2.22. The van der Waals surface area contributed by atoms with E-state index in [9.17, 15) is 0 Å². The quantitative estimate of drug-likeness (QED) is 0.693. The molecule has 1 aromatic rings. The topological polar surface area (TPSA) is 42.3 Å². The average molecular weight is 240 g/mol. The summed E-state index contributed by atoms with van der Waals surface area (Å²) in [5.41, 5.74) is 1.05. The van der Waals surface area contributed by atoms with Crippen LogP contribution in [0.15, 0.2) is 6.20 Å². The van der Waals surface area contributed by atoms with Gasteiger partial charge in [0, 0.05) is 39.5 Å². The van der Waals surface area contributed by atoms with Crippen LogP contribution >= 0.6 is 0 Å².